The lowest BCUT2D eigenvalue weighted by molar-refractivity contribution is 0.565. The Labute approximate surface area is 198 Å². The summed E-state index contributed by atoms with van der Waals surface area (Å²) in [6.07, 6.45) is 1.81. The van der Waals surface area contributed by atoms with Gasteiger partial charge >= 0.3 is 0 Å². The number of anilines is 1. The minimum atomic E-state index is -0.243. The summed E-state index contributed by atoms with van der Waals surface area (Å²) in [7, 11) is 0. The molecule has 6 heteroatoms. The van der Waals surface area contributed by atoms with Crippen molar-refractivity contribution in [3.8, 4) is 5.69 Å². The van der Waals surface area contributed by atoms with E-state index in [-0.39, 0.29) is 17.9 Å². The number of aromatic nitrogens is 2. The quantitative estimate of drug-likeness (QED) is 0.376. The zero-order chi connectivity index (χ0) is 23.1. The first kappa shape index (κ1) is 21.3. The lowest BCUT2D eigenvalue weighted by Gasteiger charge is -2.28. The van der Waals surface area contributed by atoms with Crippen molar-refractivity contribution in [1.82, 2.24) is 14.9 Å². The highest BCUT2D eigenvalue weighted by molar-refractivity contribution is 7.80. The normalized spacial score (nSPS) is 17.9. The number of rotatable bonds is 4. The van der Waals surface area contributed by atoms with Crippen molar-refractivity contribution in [3.05, 3.63) is 113 Å². The van der Waals surface area contributed by atoms with Crippen LogP contribution in [-0.2, 0) is 0 Å². The number of hydrogen-bond donors (Lipinski definition) is 1. The first-order chi connectivity index (χ1) is 15.9. The van der Waals surface area contributed by atoms with Gasteiger partial charge in [0.05, 0.1) is 17.8 Å². The first-order valence-corrected chi connectivity index (χ1v) is 11.4. The van der Waals surface area contributed by atoms with E-state index in [1.807, 2.05) is 36.5 Å². The summed E-state index contributed by atoms with van der Waals surface area (Å²) in [6, 6.07) is 23.0. The molecule has 0 amide bonds. The van der Waals surface area contributed by atoms with Crippen LogP contribution in [-0.4, -0.2) is 14.7 Å². The molecule has 2 atom stereocenters. The molecule has 0 spiro atoms. The molecule has 2 unspecified atom stereocenters. The monoisotopic (exact) mass is 456 g/mol. The van der Waals surface area contributed by atoms with E-state index in [0.717, 1.165) is 34.0 Å². The zero-order valence-electron chi connectivity index (χ0n) is 18.8. The summed E-state index contributed by atoms with van der Waals surface area (Å²) in [6.45, 7) is 6.26. The molecule has 4 aromatic rings. The molecule has 1 N–H and O–H groups in total. The van der Waals surface area contributed by atoms with Crippen molar-refractivity contribution in [2.45, 2.75) is 32.9 Å². The average molecular weight is 457 g/mol. The summed E-state index contributed by atoms with van der Waals surface area (Å²) in [4.78, 5) is 6.83. The second kappa shape index (κ2) is 8.45. The van der Waals surface area contributed by atoms with Crippen molar-refractivity contribution in [3.63, 3.8) is 0 Å². The van der Waals surface area contributed by atoms with Crippen LogP contribution >= 0.6 is 12.2 Å². The highest BCUT2D eigenvalue weighted by Gasteiger charge is 2.42. The molecule has 0 aliphatic carbocycles. The third-order valence-electron chi connectivity index (χ3n) is 6.28. The van der Waals surface area contributed by atoms with E-state index < -0.39 is 0 Å². The van der Waals surface area contributed by atoms with Gasteiger partial charge in [-0.25, -0.2) is 4.39 Å². The molecular formula is C27H25FN4S. The number of benzene rings is 2. The first-order valence-electron chi connectivity index (χ1n) is 11.0. The molecule has 0 bridgehead atoms. The number of hydrogen-bond acceptors (Lipinski definition) is 2. The molecule has 2 aromatic carbocycles. The van der Waals surface area contributed by atoms with Crippen LogP contribution in [0.4, 0.5) is 10.1 Å². The minimum absolute atomic E-state index is 0.0875. The number of thiocarbonyl (C=S) groups is 1. The SMILES string of the molecule is Cc1ccc(N2C(=S)NC(c3ccccn3)C2c2cc(C)n(-c3ccc(F)cc3)c2C)cc1. The van der Waals surface area contributed by atoms with Crippen LogP contribution in [0.15, 0.2) is 79.0 Å². The van der Waals surface area contributed by atoms with E-state index in [9.17, 15) is 4.39 Å². The number of halogens is 1. The molecule has 33 heavy (non-hydrogen) atoms. The summed E-state index contributed by atoms with van der Waals surface area (Å²) in [5.41, 5.74) is 7.43. The standard InChI is InChI=1S/C27H25FN4S/c1-17-7-11-22(12-8-17)32-26(25(30-27(32)33)24-6-4-5-15-29-24)23-16-18(2)31(19(23)3)21-13-9-20(28)10-14-21/h4-16,25-26H,1-3H3,(H,30,33). The fourth-order valence-electron chi connectivity index (χ4n) is 4.73. The fraction of sp³-hybridized carbons (Fsp3) is 0.185. The Morgan fingerprint density at radius 3 is 2.27 bits per heavy atom. The molecule has 5 rings (SSSR count). The Bertz CT molecular complexity index is 1300. The predicted octanol–water partition coefficient (Wildman–Crippen LogP) is 6.11. The van der Waals surface area contributed by atoms with Crippen LogP contribution in [0.2, 0.25) is 0 Å². The van der Waals surface area contributed by atoms with Gasteiger partial charge in [-0.3, -0.25) is 4.98 Å². The lowest BCUT2D eigenvalue weighted by atomic mass is 9.96. The van der Waals surface area contributed by atoms with Gasteiger partial charge in [0.15, 0.2) is 5.11 Å². The highest BCUT2D eigenvalue weighted by Crippen LogP contribution is 2.43. The third kappa shape index (κ3) is 3.80. The van der Waals surface area contributed by atoms with Crippen molar-refractivity contribution in [1.29, 1.82) is 0 Å². The summed E-state index contributed by atoms with van der Waals surface area (Å²) >= 11 is 5.84. The largest absolute Gasteiger partial charge is 0.351 e. The van der Waals surface area contributed by atoms with E-state index in [0.29, 0.717) is 5.11 Å². The van der Waals surface area contributed by atoms with Gasteiger partial charge in [0.25, 0.3) is 0 Å². The maximum atomic E-state index is 13.6. The Balaban J connectivity index is 1.67. The van der Waals surface area contributed by atoms with Crippen LogP contribution in [0.25, 0.3) is 5.69 Å². The summed E-state index contributed by atoms with van der Waals surface area (Å²) in [5.74, 6) is -0.243. The van der Waals surface area contributed by atoms with Gasteiger partial charge in [-0.2, -0.15) is 0 Å². The second-order valence-corrected chi connectivity index (χ2v) is 8.86. The van der Waals surface area contributed by atoms with Gasteiger partial charge in [0, 0.05) is 29.0 Å². The smallest absolute Gasteiger partial charge is 0.174 e. The van der Waals surface area contributed by atoms with E-state index in [1.165, 1.54) is 17.7 Å². The average Bonchev–Trinajstić information content (AvgIpc) is 3.31. The van der Waals surface area contributed by atoms with Crippen molar-refractivity contribution in [2.75, 3.05) is 4.90 Å². The van der Waals surface area contributed by atoms with Gasteiger partial charge < -0.3 is 14.8 Å². The van der Waals surface area contributed by atoms with Gasteiger partial charge in [-0.1, -0.05) is 23.8 Å². The molecule has 4 nitrogen and oxygen atoms in total. The minimum Gasteiger partial charge on any atom is -0.351 e. The number of pyridine rings is 1. The van der Waals surface area contributed by atoms with E-state index in [1.54, 1.807) is 0 Å². The fourth-order valence-corrected chi connectivity index (χ4v) is 5.07. The lowest BCUT2D eigenvalue weighted by Crippen LogP contribution is -2.29. The van der Waals surface area contributed by atoms with Crippen LogP contribution < -0.4 is 10.2 Å². The van der Waals surface area contributed by atoms with Crippen LogP contribution in [0, 0.1) is 26.6 Å². The molecule has 0 saturated carbocycles. The Morgan fingerprint density at radius 2 is 1.61 bits per heavy atom. The number of nitrogens with zero attached hydrogens (tertiary/aromatic N) is 3. The van der Waals surface area contributed by atoms with Gasteiger partial charge in [0.2, 0.25) is 0 Å². The molecule has 166 valence electrons. The molecule has 1 aliphatic rings. The Morgan fingerprint density at radius 1 is 0.909 bits per heavy atom. The predicted molar refractivity (Wildman–Crippen MR) is 134 cm³/mol. The van der Waals surface area contributed by atoms with E-state index >= 15 is 0 Å². The Hall–Kier alpha value is -3.51. The molecule has 2 aromatic heterocycles. The van der Waals surface area contributed by atoms with E-state index in [4.69, 9.17) is 12.2 Å². The van der Waals surface area contributed by atoms with Gasteiger partial charge in [-0.05, 0) is 93.1 Å². The van der Waals surface area contributed by atoms with Crippen molar-refractivity contribution in [2.24, 2.45) is 0 Å². The number of aryl methyl sites for hydroxylation is 2. The molecule has 1 fully saturated rings. The third-order valence-corrected chi connectivity index (χ3v) is 6.60. The Kier molecular flexibility index (Phi) is 5.46. The number of nitrogens with one attached hydrogen (secondary N) is 1. The van der Waals surface area contributed by atoms with E-state index in [2.05, 4.69) is 70.9 Å². The molecule has 3 heterocycles. The van der Waals surface area contributed by atoms with Crippen molar-refractivity contribution < 1.29 is 4.39 Å². The zero-order valence-corrected chi connectivity index (χ0v) is 19.6. The highest BCUT2D eigenvalue weighted by atomic mass is 32.1. The second-order valence-electron chi connectivity index (χ2n) is 8.47. The molecular weight excluding hydrogens is 431 g/mol. The van der Waals surface area contributed by atoms with Crippen LogP contribution in [0.3, 0.4) is 0 Å². The maximum Gasteiger partial charge on any atom is 0.174 e. The van der Waals surface area contributed by atoms with Crippen LogP contribution in [0.5, 0.6) is 0 Å². The molecule has 0 radical (unpaired) electrons. The van der Waals surface area contributed by atoms with Gasteiger partial charge in [0.1, 0.15) is 5.82 Å². The van der Waals surface area contributed by atoms with Gasteiger partial charge in [-0.15, -0.1) is 0 Å². The topological polar surface area (TPSA) is 33.1 Å². The molecule has 1 aliphatic heterocycles. The maximum absolute atomic E-state index is 13.6. The summed E-state index contributed by atoms with van der Waals surface area (Å²) in [5, 5.41) is 4.19. The van der Waals surface area contributed by atoms with Crippen molar-refractivity contribution >= 4 is 23.0 Å². The summed E-state index contributed by atoms with van der Waals surface area (Å²) < 4.78 is 15.7. The molecule has 1 saturated heterocycles. The van der Waals surface area contributed by atoms with Crippen LogP contribution in [0.1, 0.15) is 40.3 Å².